The molecule has 0 saturated carbocycles. The number of hydrogen-bond donors (Lipinski definition) is 3. The van der Waals surface area contributed by atoms with Gasteiger partial charge in [-0.3, -0.25) is 14.4 Å². The SMILES string of the molecule is CCCC(=O)Nc1ccc(C(=O)NCCNC(=O)c2cc(Br)ccc2Cl)cc1. The summed E-state index contributed by atoms with van der Waals surface area (Å²) in [5, 5.41) is 8.56. The maximum Gasteiger partial charge on any atom is 0.252 e. The van der Waals surface area contributed by atoms with Crippen LogP contribution in [-0.4, -0.2) is 30.8 Å². The first kappa shape index (κ1) is 21.9. The summed E-state index contributed by atoms with van der Waals surface area (Å²) in [5.74, 6) is -0.630. The molecular weight excluding hydrogens is 446 g/mol. The van der Waals surface area contributed by atoms with E-state index in [1.807, 2.05) is 6.92 Å². The smallest absolute Gasteiger partial charge is 0.252 e. The summed E-state index contributed by atoms with van der Waals surface area (Å²) in [6, 6.07) is 11.7. The fraction of sp³-hybridized carbons (Fsp3) is 0.250. The van der Waals surface area contributed by atoms with Crippen molar-refractivity contribution in [1.82, 2.24) is 10.6 Å². The Balaban J connectivity index is 1.78. The van der Waals surface area contributed by atoms with E-state index in [0.717, 1.165) is 10.9 Å². The van der Waals surface area contributed by atoms with Gasteiger partial charge in [0.15, 0.2) is 0 Å². The monoisotopic (exact) mass is 465 g/mol. The highest BCUT2D eigenvalue weighted by Gasteiger charge is 2.11. The van der Waals surface area contributed by atoms with Gasteiger partial charge in [-0.05, 0) is 48.9 Å². The molecule has 0 spiro atoms. The van der Waals surface area contributed by atoms with Crippen molar-refractivity contribution in [2.75, 3.05) is 18.4 Å². The maximum atomic E-state index is 12.2. The molecule has 0 saturated heterocycles. The Morgan fingerprint density at radius 3 is 2.25 bits per heavy atom. The van der Waals surface area contributed by atoms with Crippen LogP contribution in [0.1, 0.15) is 40.5 Å². The minimum atomic E-state index is -0.312. The molecule has 8 heteroatoms. The summed E-state index contributed by atoms with van der Waals surface area (Å²) in [5.41, 5.74) is 1.48. The molecule has 2 aromatic rings. The predicted octanol–water partition coefficient (Wildman–Crippen LogP) is 4.00. The van der Waals surface area contributed by atoms with Crippen molar-refractivity contribution in [2.24, 2.45) is 0 Å². The Hall–Kier alpha value is -2.38. The van der Waals surface area contributed by atoms with Crippen LogP contribution >= 0.6 is 27.5 Å². The summed E-state index contributed by atoms with van der Waals surface area (Å²) in [7, 11) is 0. The van der Waals surface area contributed by atoms with E-state index in [0.29, 0.717) is 28.3 Å². The number of nitrogens with one attached hydrogen (secondary N) is 3. The lowest BCUT2D eigenvalue weighted by atomic mass is 10.2. The van der Waals surface area contributed by atoms with E-state index in [-0.39, 0.29) is 30.8 Å². The second kappa shape index (κ2) is 10.8. The van der Waals surface area contributed by atoms with E-state index >= 15 is 0 Å². The summed E-state index contributed by atoms with van der Waals surface area (Å²) >= 11 is 9.32. The number of anilines is 1. The zero-order valence-corrected chi connectivity index (χ0v) is 17.7. The van der Waals surface area contributed by atoms with Gasteiger partial charge in [0.05, 0.1) is 10.6 Å². The largest absolute Gasteiger partial charge is 0.350 e. The van der Waals surface area contributed by atoms with Crippen LogP contribution in [0.25, 0.3) is 0 Å². The average molecular weight is 467 g/mol. The standard InChI is InChI=1S/C20H21BrClN3O3/c1-2-3-18(26)25-15-7-4-13(5-8-15)19(27)23-10-11-24-20(28)16-12-14(21)6-9-17(16)22/h4-9,12H,2-3,10-11H2,1H3,(H,23,27)(H,24,28)(H,25,26). The Morgan fingerprint density at radius 2 is 1.61 bits per heavy atom. The van der Waals surface area contributed by atoms with Crippen LogP contribution in [0.5, 0.6) is 0 Å². The summed E-state index contributed by atoms with van der Waals surface area (Å²) in [6.45, 7) is 2.46. The van der Waals surface area contributed by atoms with Gasteiger partial charge in [-0.2, -0.15) is 0 Å². The average Bonchev–Trinajstić information content (AvgIpc) is 2.67. The molecule has 2 aromatic carbocycles. The summed E-state index contributed by atoms with van der Waals surface area (Å²) in [6.07, 6.45) is 1.23. The lowest BCUT2D eigenvalue weighted by Gasteiger charge is -2.09. The third-order valence-corrected chi connectivity index (χ3v) is 4.60. The van der Waals surface area contributed by atoms with Gasteiger partial charge in [-0.25, -0.2) is 0 Å². The number of carbonyl (C=O) groups is 3. The fourth-order valence-corrected chi connectivity index (χ4v) is 2.94. The fourth-order valence-electron chi connectivity index (χ4n) is 2.38. The number of benzene rings is 2. The summed E-state index contributed by atoms with van der Waals surface area (Å²) < 4.78 is 0.754. The van der Waals surface area contributed by atoms with Crippen molar-refractivity contribution in [3.63, 3.8) is 0 Å². The molecule has 3 N–H and O–H groups in total. The number of halogens is 2. The molecule has 0 aliphatic carbocycles. The molecule has 6 nitrogen and oxygen atoms in total. The van der Waals surface area contributed by atoms with Crippen LogP contribution < -0.4 is 16.0 Å². The second-order valence-electron chi connectivity index (χ2n) is 6.01. The van der Waals surface area contributed by atoms with Crippen molar-refractivity contribution in [2.45, 2.75) is 19.8 Å². The van der Waals surface area contributed by atoms with Gasteiger partial charge in [-0.1, -0.05) is 34.5 Å². The second-order valence-corrected chi connectivity index (χ2v) is 7.33. The van der Waals surface area contributed by atoms with E-state index < -0.39 is 0 Å². The highest BCUT2D eigenvalue weighted by atomic mass is 79.9. The third kappa shape index (κ3) is 6.65. The van der Waals surface area contributed by atoms with Crippen LogP contribution in [0, 0.1) is 0 Å². The molecule has 0 radical (unpaired) electrons. The van der Waals surface area contributed by atoms with E-state index in [1.54, 1.807) is 42.5 Å². The molecule has 2 rings (SSSR count). The number of rotatable bonds is 8. The van der Waals surface area contributed by atoms with Gasteiger partial charge < -0.3 is 16.0 Å². The maximum absolute atomic E-state index is 12.2. The van der Waals surface area contributed by atoms with E-state index in [2.05, 4.69) is 31.9 Å². The van der Waals surface area contributed by atoms with Gasteiger partial charge in [0.1, 0.15) is 0 Å². The van der Waals surface area contributed by atoms with Crippen LogP contribution in [0.4, 0.5) is 5.69 Å². The minimum Gasteiger partial charge on any atom is -0.350 e. The van der Waals surface area contributed by atoms with Crippen molar-refractivity contribution in [3.05, 3.63) is 63.1 Å². The van der Waals surface area contributed by atoms with Gasteiger partial charge in [-0.15, -0.1) is 0 Å². The molecule has 0 aliphatic rings. The van der Waals surface area contributed by atoms with Crippen LogP contribution in [0.3, 0.4) is 0 Å². The molecule has 28 heavy (non-hydrogen) atoms. The quantitative estimate of drug-likeness (QED) is 0.514. The Morgan fingerprint density at radius 1 is 0.964 bits per heavy atom. The topological polar surface area (TPSA) is 87.3 Å². The number of hydrogen-bond acceptors (Lipinski definition) is 3. The van der Waals surface area contributed by atoms with Crippen molar-refractivity contribution < 1.29 is 14.4 Å². The van der Waals surface area contributed by atoms with E-state index in [4.69, 9.17) is 11.6 Å². The molecule has 0 fully saturated rings. The normalized spacial score (nSPS) is 10.2. The first-order chi connectivity index (χ1) is 13.4. The minimum absolute atomic E-state index is 0.0546. The molecule has 0 aliphatic heterocycles. The van der Waals surface area contributed by atoms with Gasteiger partial charge in [0, 0.05) is 35.2 Å². The van der Waals surface area contributed by atoms with Crippen LogP contribution in [0.2, 0.25) is 5.02 Å². The molecule has 0 aromatic heterocycles. The number of carbonyl (C=O) groups excluding carboxylic acids is 3. The summed E-state index contributed by atoms with van der Waals surface area (Å²) in [4.78, 5) is 35.9. The van der Waals surface area contributed by atoms with Crippen molar-refractivity contribution in [1.29, 1.82) is 0 Å². The molecule has 148 valence electrons. The Bertz CT molecular complexity index is 856. The Kier molecular flexibility index (Phi) is 8.47. The van der Waals surface area contributed by atoms with Gasteiger partial charge in [0.25, 0.3) is 11.8 Å². The molecule has 0 unspecified atom stereocenters. The van der Waals surface area contributed by atoms with Crippen LogP contribution in [0.15, 0.2) is 46.9 Å². The highest BCUT2D eigenvalue weighted by molar-refractivity contribution is 9.10. The van der Waals surface area contributed by atoms with Crippen LogP contribution in [-0.2, 0) is 4.79 Å². The van der Waals surface area contributed by atoms with Crippen molar-refractivity contribution >= 4 is 50.9 Å². The third-order valence-electron chi connectivity index (χ3n) is 3.78. The number of amides is 3. The highest BCUT2D eigenvalue weighted by Crippen LogP contribution is 2.20. The molecule has 3 amide bonds. The lowest BCUT2D eigenvalue weighted by molar-refractivity contribution is -0.116. The molecular formula is C20H21BrClN3O3. The van der Waals surface area contributed by atoms with Crippen molar-refractivity contribution in [3.8, 4) is 0 Å². The van der Waals surface area contributed by atoms with Gasteiger partial charge >= 0.3 is 0 Å². The zero-order chi connectivity index (χ0) is 20.5. The van der Waals surface area contributed by atoms with E-state index in [1.165, 1.54) is 0 Å². The predicted molar refractivity (Wildman–Crippen MR) is 114 cm³/mol. The first-order valence-corrected chi connectivity index (χ1v) is 9.99. The zero-order valence-electron chi connectivity index (χ0n) is 15.4. The first-order valence-electron chi connectivity index (χ1n) is 8.82. The molecule has 0 bridgehead atoms. The lowest BCUT2D eigenvalue weighted by Crippen LogP contribution is -2.34. The molecule has 0 atom stereocenters. The Labute approximate surface area is 177 Å². The van der Waals surface area contributed by atoms with Gasteiger partial charge in [0.2, 0.25) is 5.91 Å². The molecule has 0 heterocycles. The van der Waals surface area contributed by atoms with E-state index in [9.17, 15) is 14.4 Å².